The number of aliphatic hydroxyl groups excluding tert-OH is 1. The Morgan fingerprint density at radius 2 is 2.21 bits per heavy atom. The van der Waals surface area contributed by atoms with E-state index in [9.17, 15) is 5.11 Å². The zero-order valence-corrected chi connectivity index (χ0v) is 8.60. The van der Waals surface area contributed by atoms with Crippen molar-refractivity contribution in [1.82, 2.24) is 0 Å². The minimum atomic E-state index is -0.511. The second-order valence-electron chi connectivity index (χ2n) is 3.32. The molecule has 0 spiro atoms. The monoisotopic (exact) mass is 192 g/mol. The SMILES string of the molecule is C=C[C@@H](C)[C@H](O)c1cccc(OC)c1. The summed E-state index contributed by atoms with van der Waals surface area (Å²) in [7, 11) is 1.61. The molecule has 1 N–H and O–H groups in total. The molecule has 1 rings (SSSR count). The van der Waals surface area contributed by atoms with E-state index in [-0.39, 0.29) is 5.92 Å². The zero-order valence-electron chi connectivity index (χ0n) is 8.60. The molecule has 1 aromatic rings. The Bertz CT molecular complexity index is 307. The summed E-state index contributed by atoms with van der Waals surface area (Å²) in [5.41, 5.74) is 0.858. The van der Waals surface area contributed by atoms with Gasteiger partial charge in [-0.3, -0.25) is 0 Å². The normalized spacial score (nSPS) is 14.5. The second-order valence-corrected chi connectivity index (χ2v) is 3.32. The fourth-order valence-electron chi connectivity index (χ4n) is 1.26. The molecule has 0 aliphatic carbocycles. The van der Waals surface area contributed by atoms with E-state index in [1.165, 1.54) is 0 Å². The lowest BCUT2D eigenvalue weighted by Gasteiger charge is -2.16. The Kier molecular flexibility index (Phi) is 3.72. The van der Waals surface area contributed by atoms with Crippen LogP contribution in [0.1, 0.15) is 18.6 Å². The van der Waals surface area contributed by atoms with Gasteiger partial charge in [-0.05, 0) is 17.7 Å². The molecule has 76 valence electrons. The van der Waals surface area contributed by atoms with Crippen molar-refractivity contribution in [3.63, 3.8) is 0 Å². The Morgan fingerprint density at radius 1 is 1.50 bits per heavy atom. The van der Waals surface area contributed by atoms with Gasteiger partial charge in [-0.15, -0.1) is 6.58 Å². The van der Waals surface area contributed by atoms with E-state index in [0.717, 1.165) is 11.3 Å². The molecule has 0 saturated heterocycles. The van der Waals surface area contributed by atoms with Gasteiger partial charge in [-0.2, -0.15) is 0 Å². The molecule has 0 amide bonds. The highest BCUT2D eigenvalue weighted by Crippen LogP contribution is 2.25. The van der Waals surface area contributed by atoms with Crippen molar-refractivity contribution in [2.75, 3.05) is 7.11 Å². The van der Waals surface area contributed by atoms with Crippen LogP contribution in [0.5, 0.6) is 5.75 Å². The minimum absolute atomic E-state index is 0.0436. The molecule has 0 heterocycles. The lowest BCUT2D eigenvalue weighted by Crippen LogP contribution is -2.06. The minimum Gasteiger partial charge on any atom is -0.497 e. The molecule has 0 aliphatic rings. The largest absolute Gasteiger partial charge is 0.497 e. The number of methoxy groups -OCH3 is 1. The van der Waals surface area contributed by atoms with Gasteiger partial charge in [0.2, 0.25) is 0 Å². The van der Waals surface area contributed by atoms with E-state index in [1.54, 1.807) is 13.2 Å². The summed E-state index contributed by atoms with van der Waals surface area (Å²) in [6.07, 6.45) is 1.23. The van der Waals surface area contributed by atoms with Crippen molar-refractivity contribution in [3.05, 3.63) is 42.5 Å². The molecule has 0 unspecified atom stereocenters. The zero-order chi connectivity index (χ0) is 10.6. The molecule has 0 bridgehead atoms. The van der Waals surface area contributed by atoms with Gasteiger partial charge in [0.15, 0.2) is 0 Å². The van der Waals surface area contributed by atoms with Crippen LogP contribution >= 0.6 is 0 Å². The highest BCUT2D eigenvalue weighted by molar-refractivity contribution is 5.30. The number of benzene rings is 1. The Hall–Kier alpha value is -1.28. The van der Waals surface area contributed by atoms with Crippen LogP contribution in [0.25, 0.3) is 0 Å². The third kappa shape index (κ3) is 2.36. The summed E-state index contributed by atoms with van der Waals surface area (Å²) >= 11 is 0. The summed E-state index contributed by atoms with van der Waals surface area (Å²) in [5, 5.41) is 9.88. The van der Waals surface area contributed by atoms with Gasteiger partial charge in [-0.25, -0.2) is 0 Å². The predicted octanol–water partition coefficient (Wildman–Crippen LogP) is 2.55. The maximum absolute atomic E-state index is 9.88. The van der Waals surface area contributed by atoms with E-state index in [2.05, 4.69) is 6.58 Å². The lowest BCUT2D eigenvalue weighted by molar-refractivity contribution is 0.139. The van der Waals surface area contributed by atoms with Crippen LogP contribution in [0.2, 0.25) is 0 Å². The molecule has 1 aromatic carbocycles. The van der Waals surface area contributed by atoms with E-state index in [0.29, 0.717) is 0 Å². The number of ether oxygens (including phenoxy) is 1. The van der Waals surface area contributed by atoms with Crippen molar-refractivity contribution >= 4 is 0 Å². The van der Waals surface area contributed by atoms with Crippen LogP contribution in [-0.4, -0.2) is 12.2 Å². The van der Waals surface area contributed by atoms with Crippen molar-refractivity contribution < 1.29 is 9.84 Å². The molecular formula is C12H16O2. The molecule has 0 saturated carbocycles. The van der Waals surface area contributed by atoms with Crippen LogP contribution in [0.15, 0.2) is 36.9 Å². The third-order valence-electron chi connectivity index (χ3n) is 2.31. The van der Waals surface area contributed by atoms with Crippen LogP contribution in [0, 0.1) is 5.92 Å². The highest BCUT2D eigenvalue weighted by atomic mass is 16.5. The van der Waals surface area contributed by atoms with Gasteiger partial charge in [0.1, 0.15) is 5.75 Å². The second kappa shape index (κ2) is 4.82. The molecule has 0 fully saturated rings. The molecule has 2 heteroatoms. The summed E-state index contributed by atoms with van der Waals surface area (Å²) < 4.78 is 5.08. The van der Waals surface area contributed by atoms with Gasteiger partial charge in [0, 0.05) is 5.92 Å². The smallest absolute Gasteiger partial charge is 0.119 e. The molecule has 0 aliphatic heterocycles. The van der Waals surface area contributed by atoms with E-state index >= 15 is 0 Å². The average Bonchev–Trinajstić information content (AvgIpc) is 2.27. The van der Waals surface area contributed by atoms with Crippen molar-refractivity contribution in [2.24, 2.45) is 5.92 Å². The first-order valence-electron chi connectivity index (χ1n) is 4.63. The Labute approximate surface area is 84.8 Å². The summed E-state index contributed by atoms with van der Waals surface area (Å²) in [5.74, 6) is 0.805. The molecule has 2 atom stereocenters. The topological polar surface area (TPSA) is 29.5 Å². The maximum Gasteiger partial charge on any atom is 0.119 e. The molecule has 0 aromatic heterocycles. The lowest BCUT2D eigenvalue weighted by atomic mass is 9.97. The average molecular weight is 192 g/mol. The summed E-state index contributed by atoms with van der Waals surface area (Å²) in [6.45, 7) is 5.59. The standard InChI is InChI=1S/C12H16O2/c1-4-9(2)12(13)10-6-5-7-11(8-10)14-3/h4-9,12-13H,1H2,2-3H3/t9-,12+/m1/s1. The van der Waals surface area contributed by atoms with Crippen LogP contribution in [0.3, 0.4) is 0 Å². The Balaban J connectivity index is 2.89. The Morgan fingerprint density at radius 3 is 2.79 bits per heavy atom. The van der Waals surface area contributed by atoms with Gasteiger partial charge in [-0.1, -0.05) is 25.1 Å². The molecule has 14 heavy (non-hydrogen) atoms. The van der Waals surface area contributed by atoms with E-state index < -0.39 is 6.10 Å². The fourth-order valence-corrected chi connectivity index (χ4v) is 1.26. The number of hydrogen-bond donors (Lipinski definition) is 1. The number of aliphatic hydroxyl groups is 1. The summed E-state index contributed by atoms with van der Waals surface area (Å²) in [4.78, 5) is 0. The van der Waals surface area contributed by atoms with Gasteiger partial charge in [0.25, 0.3) is 0 Å². The van der Waals surface area contributed by atoms with Gasteiger partial charge in [0.05, 0.1) is 13.2 Å². The van der Waals surface area contributed by atoms with Crippen molar-refractivity contribution in [1.29, 1.82) is 0 Å². The first kappa shape index (κ1) is 10.8. The first-order valence-corrected chi connectivity index (χ1v) is 4.63. The number of rotatable bonds is 4. The maximum atomic E-state index is 9.88. The fraction of sp³-hybridized carbons (Fsp3) is 0.333. The molecular weight excluding hydrogens is 176 g/mol. The quantitative estimate of drug-likeness (QED) is 0.743. The van der Waals surface area contributed by atoms with Gasteiger partial charge >= 0.3 is 0 Å². The van der Waals surface area contributed by atoms with E-state index in [1.807, 2.05) is 31.2 Å². The summed E-state index contributed by atoms with van der Waals surface area (Å²) in [6, 6.07) is 7.44. The van der Waals surface area contributed by atoms with Crippen LogP contribution in [0.4, 0.5) is 0 Å². The predicted molar refractivity (Wildman–Crippen MR) is 57.3 cm³/mol. The van der Waals surface area contributed by atoms with Crippen LogP contribution in [-0.2, 0) is 0 Å². The van der Waals surface area contributed by atoms with Crippen LogP contribution < -0.4 is 4.74 Å². The van der Waals surface area contributed by atoms with Crippen molar-refractivity contribution in [3.8, 4) is 5.75 Å². The van der Waals surface area contributed by atoms with Gasteiger partial charge < -0.3 is 9.84 Å². The van der Waals surface area contributed by atoms with Crippen molar-refractivity contribution in [2.45, 2.75) is 13.0 Å². The number of hydrogen-bond acceptors (Lipinski definition) is 2. The first-order chi connectivity index (χ1) is 6.69. The third-order valence-corrected chi connectivity index (χ3v) is 2.31. The highest BCUT2D eigenvalue weighted by Gasteiger charge is 2.13. The van der Waals surface area contributed by atoms with E-state index in [4.69, 9.17) is 4.74 Å². The molecule has 0 radical (unpaired) electrons. The molecule has 2 nitrogen and oxygen atoms in total.